The van der Waals surface area contributed by atoms with Gasteiger partial charge in [0.05, 0.1) is 30.3 Å². The van der Waals surface area contributed by atoms with Crippen LogP contribution in [0.25, 0.3) is 10.9 Å². The smallest absolute Gasteiger partial charge is 0.233 e. The van der Waals surface area contributed by atoms with E-state index in [2.05, 4.69) is 16.3 Å². The van der Waals surface area contributed by atoms with Crippen LogP contribution in [-0.4, -0.2) is 60.5 Å². The number of nitrogens with one attached hydrogen (secondary N) is 1. The van der Waals surface area contributed by atoms with Crippen LogP contribution in [0.3, 0.4) is 0 Å². The van der Waals surface area contributed by atoms with Crippen molar-refractivity contribution in [2.45, 2.75) is 24.7 Å². The molecule has 1 N–H and O–H groups in total. The number of carbonyl (C=O) groups is 1. The van der Waals surface area contributed by atoms with Crippen molar-refractivity contribution >= 4 is 16.8 Å². The minimum atomic E-state index is -0.886. The molecule has 6 nitrogen and oxygen atoms in total. The Hall–Kier alpha value is -2.77. The van der Waals surface area contributed by atoms with Crippen LogP contribution < -0.4 is 0 Å². The van der Waals surface area contributed by atoms with E-state index in [1.807, 2.05) is 29.3 Å². The predicted octanol–water partition coefficient (Wildman–Crippen LogP) is 3.47. The van der Waals surface area contributed by atoms with Crippen molar-refractivity contribution in [1.82, 2.24) is 15.1 Å². The SMILES string of the molecule is O=C(N1CCOC[C@H](Cc2cccc3[nH]ncc23)C1)C1(c2ccccc2F)CCOCC1. The van der Waals surface area contributed by atoms with Crippen molar-refractivity contribution in [1.29, 1.82) is 0 Å². The summed E-state index contributed by atoms with van der Waals surface area (Å²) in [6.45, 7) is 3.09. The molecule has 0 spiro atoms. The van der Waals surface area contributed by atoms with Crippen molar-refractivity contribution in [2.75, 3.05) is 39.5 Å². The van der Waals surface area contributed by atoms with Crippen LogP contribution in [0, 0.1) is 11.7 Å². The first-order valence-corrected chi connectivity index (χ1v) is 11.3. The zero-order chi connectivity index (χ0) is 22.0. The first kappa shape index (κ1) is 21.1. The van der Waals surface area contributed by atoms with Gasteiger partial charge in [0.25, 0.3) is 0 Å². The molecular formula is C25H28FN3O3. The highest BCUT2D eigenvalue weighted by molar-refractivity contribution is 5.88. The Balaban J connectivity index is 1.41. The summed E-state index contributed by atoms with van der Waals surface area (Å²) in [6.07, 6.45) is 3.61. The largest absolute Gasteiger partial charge is 0.381 e. The van der Waals surface area contributed by atoms with Crippen molar-refractivity contribution in [3.63, 3.8) is 0 Å². The molecule has 32 heavy (non-hydrogen) atoms. The highest BCUT2D eigenvalue weighted by atomic mass is 19.1. The number of H-pyrrole nitrogens is 1. The Labute approximate surface area is 186 Å². The highest BCUT2D eigenvalue weighted by Crippen LogP contribution is 2.38. The fourth-order valence-electron chi connectivity index (χ4n) is 5.18. The monoisotopic (exact) mass is 437 g/mol. The quantitative estimate of drug-likeness (QED) is 0.679. The molecular weight excluding hydrogens is 409 g/mol. The second-order valence-electron chi connectivity index (χ2n) is 8.82. The molecule has 3 heterocycles. The third-order valence-electron chi connectivity index (χ3n) is 6.85. The highest BCUT2D eigenvalue weighted by Gasteiger charge is 2.46. The number of hydrogen-bond acceptors (Lipinski definition) is 4. The number of aromatic amines is 1. The van der Waals surface area contributed by atoms with Gasteiger partial charge in [0, 0.05) is 43.2 Å². The molecule has 1 aromatic heterocycles. The van der Waals surface area contributed by atoms with Gasteiger partial charge in [-0.05, 0) is 37.0 Å². The molecule has 2 fully saturated rings. The van der Waals surface area contributed by atoms with E-state index >= 15 is 0 Å². The normalized spacial score (nSPS) is 21.4. The molecule has 2 aromatic carbocycles. The third kappa shape index (κ3) is 3.91. The van der Waals surface area contributed by atoms with E-state index in [-0.39, 0.29) is 17.6 Å². The molecule has 7 heteroatoms. The zero-order valence-electron chi connectivity index (χ0n) is 18.1. The van der Waals surface area contributed by atoms with Crippen LogP contribution in [0.15, 0.2) is 48.7 Å². The standard InChI is InChI=1S/C25H28FN3O3/c26-22-6-2-1-5-21(22)25(8-11-31-12-9-25)24(30)29-10-13-32-17-18(16-29)14-19-4-3-7-23-20(19)15-27-28-23/h1-7,15,18H,8-14,16-17H2,(H,27,28)/t18-/m1/s1. The maximum absolute atomic E-state index is 14.9. The summed E-state index contributed by atoms with van der Waals surface area (Å²) in [5.41, 5.74) is 1.79. The van der Waals surface area contributed by atoms with E-state index in [0.29, 0.717) is 57.9 Å². The van der Waals surface area contributed by atoms with Crippen LogP contribution in [0.4, 0.5) is 4.39 Å². The molecule has 3 aromatic rings. The first-order valence-electron chi connectivity index (χ1n) is 11.3. The Morgan fingerprint density at radius 1 is 1.12 bits per heavy atom. The van der Waals surface area contributed by atoms with Crippen LogP contribution in [0.2, 0.25) is 0 Å². The van der Waals surface area contributed by atoms with E-state index in [4.69, 9.17) is 9.47 Å². The Morgan fingerprint density at radius 3 is 2.81 bits per heavy atom. The van der Waals surface area contributed by atoms with Crippen molar-refractivity contribution < 1.29 is 18.7 Å². The number of nitrogens with zero attached hydrogens (tertiary/aromatic N) is 2. The number of amides is 1. The summed E-state index contributed by atoms with van der Waals surface area (Å²) < 4.78 is 26.3. The molecule has 1 amide bonds. The summed E-state index contributed by atoms with van der Waals surface area (Å²) in [5, 5.41) is 8.27. The van der Waals surface area contributed by atoms with Gasteiger partial charge in [-0.3, -0.25) is 9.89 Å². The van der Waals surface area contributed by atoms with Crippen LogP contribution >= 0.6 is 0 Å². The van der Waals surface area contributed by atoms with Gasteiger partial charge in [0.2, 0.25) is 5.91 Å². The van der Waals surface area contributed by atoms with E-state index in [1.165, 1.54) is 11.6 Å². The molecule has 2 saturated heterocycles. The fraction of sp³-hybridized carbons (Fsp3) is 0.440. The van der Waals surface area contributed by atoms with E-state index in [0.717, 1.165) is 17.3 Å². The first-order chi connectivity index (χ1) is 15.7. The molecule has 5 rings (SSSR count). The number of fused-ring (bicyclic) bond motifs is 1. The summed E-state index contributed by atoms with van der Waals surface area (Å²) in [5.74, 6) is -0.181. The van der Waals surface area contributed by atoms with Gasteiger partial charge in [0.15, 0.2) is 0 Å². The Bertz CT molecular complexity index is 1090. The Morgan fingerprint density at radius 2 is 1.97 bits per heavy atom. The van der Waals surface area contributed by atoms with Crippen LogP contribution in [0.1, 0.15) is 24.0 Å². The molecule has 2 aliphatic heterocycles. The van der Waals surface area contributed by atoms with Gasteiger partial charge in [-0.25, -0.2) is 4.39 Å². The minimum Gasteiger partial charge on any atom is -0.381 e. The van der Waals surface area contributed by atoms with Gasteiger partial charge in [-0.2, -0.15) is 5.10 Å². The molecule has 0 bridgehead atoms. The molecule has 0 unspecified atom stereocenters. The summed E-state index contributed by atoms with van der Waals surface area (Å²) >= 11 is 0. The summed E-state index contributed by atoms with van der Waals surface area (Å²) in [4.78, 5) is 15.9. The van der Waals surface area contributed by atoms with Gasteiger partial charge < -0.3 is 14.4 Å². The summed E-state index contributed by atoms with van der Waals surface area (Å²) in [6, 6.07) is 12.8. The molecule has 1 atom stereocenters. The minimum absolute atomic E-state index is 0.0112. The van der Waals surface area contributed by atoms with Crippen molar-refractivity contribution in [3.8, 4) is 0 Å². The lowest BCUT2D eigenvalue weighted by atomic mass is 9.72. The maximum atomic E-state index is 14.9. The molecule has 2 aliphatic rings. The second kappa shape index (κ2) is 9.00. The number of rotatable bonds is 4. The summed E-state index contributed by atoms with van der Waals surface area (Å²) in [7, 11) is 0. The average Bonchev–Trinajstić information content (AvgIpc) is 3.19. The van der Waals surface area contributed by atoms with E-state index in [1.54, 1.807) is 12.1 Å². The van der Waals surface area contributed by atoms with Crippen LogP contribution in [0.5, 0.6) is 0 Å². The zero-order valence-corrected chi connectivity index (χ0v) is 18.1. The van der Waals surface area contributed by atoms with E-state index in [9.17, 15) is 9.18 Å². The van der Waals surface area contributed by atoms with Gasteiger partial charge in [-0.1, -0.05) is 30.3 Å². The molecule has 0 saturated carbocycles. The predicted molar refractivity (Wildman–Crippen MR) is 119 cm³/mol. The molecule has 0 aliphatic carbocycles. The molecule has 0 radical (unpaired) electrons. The second-order valence-corrected chi connectivity index (χ2v) is 8.82. The number of benzene rings is 2. The number of aromatic nitrogens is 2. The lowest BCUT2D eigenvalue weighted by molar-refractivity contribution is -0.142. The van der Waals surface area contributed by atoms with E-state index < -0.39 is 5.41 Å². The Kier molecular flexibility index (Phi) is 5.93. The van der Waals surface area contributed by atoms with Crippen molar-refractivity contribution in [2.24, 2.45) is 5.92 Å². The number of hydrogen-bond donors (Lipinski definition) is 1. The number of halogens is 1. The van der Waals surface area contributed by atoms with Gasteiger partial charge >= 0.3 is 0 Å². The van der Waals surface area contributed by atoms with Crippen LogP contribution in [-0.2, 0) is 26.1 Å². The average molecular weight is 438 g/mol. The topological polar surface area (TPSA) is 67.5 Å². The third-order valence-corrected chi connectivity index (χ3v) is 6.85. The molecule has 168 valence electrons. The number of ether oxygens (including phenoxy) is 2. The van der Waals surface area contributed by atoms with Gasteiger partial charge in [0.1, 0.15) is 5.82 Å². The maximum Gasteiger partial charge on any atom is 0.233 e. The lowest BCUT2D eigenvalue weighted by Crippen LogP contribution is -2.51. The van der Waals surface area contributed by atoms with Gasteiger partial charge in [-0.15, -0.1) is 0 Å². The fourth-order valence-corrected chi connectivity index (χ4v) is 5.18. The number of carbonyl (C=O) groups excluding carboxylic acids is 1. The van der Waals surface area contributed by atoms with Crippen molar-refractivity contribution in [3.05, 3.63) is 65.6 Å². The lowest BCUT2D eigenvalue weighted by Gasteiger charge is -2.40.